The van der Waals surface area contributed by atoms with E-state index in [4.69, 9.17) is 5.26 Å². The number of H-pyrrole nitrogens is 1. The normalized spacial score (nSPS) is 9.46. The lowest BCUT2D eigenvalue weighted by molar-refractivity contribution is 1.39. The van der Waals surface area contributed by atoms with Crippen LogP contribution in [0.2, 0.25) is 0 Å². The highest BCUT2D eigenvalue weighted by Gasteiger charge is 2.03. The van der Waals surface area contributed by atoms with Crippen LogP contribution in [0.1, 0.15) is 5.56 Å². The molecule has 1 aromatic carbocycles. The van der Waals surface area contributed by atoms with Crippen LogP contribution < -0.4 is 0 Å². The third kappa shape index (κ3) is 1.32. The SMILES string of the molecule is N#Cc1cc[nH]c1-c1[c]cccc1. The van der Waals surface area contributed by atoms with E-state index in [2.05, 4.69) is 17.1 Å². The summed E-state index contributed by atoms with van der Waals surface area (Å²) < 4.78 is 0. The van der Waals surface area contributed by atoms with Crippen LogP contribution in [0.5, 0.6) is 0 Å². The monoisotopic (exact) mass is 167 g/mol. The van der Waals surface area contributed by atoms with Gasteiger partial charge in [0.05, 0.1) is 11.3 Å². The molecule has 0 fully saturated rings. The van der Waals surface area contributed by atoms with Crippen LogP contribution in [0, 0.1) is 17.4 Å². The highest BCUT2D eigenvalue weighted by molar-refractivity contribution is 5.66. The second kappa shape index (κ2) is 3.16. The Morgan fingerprint density at radius 2 is 2.23 bits per heavy atom. The Morgan fingerprint density at radius 3 is 2.92 bits per heavy atom. The molecular weight excluding hydrogens is 160 g/mol. The minimum Gasteiger partial charge on any atom is -0.360 e. The minimum absolute atomic E-state index is 0.655. The van der Waals surface area contributed by atoms with Gasteiger partial charge in [0.2, 0.25) is 0 Å². The molecule has 0 spiro atoms. The van der Waals surface area contributed by atoms with Crippen molar-refractivity contribution in [3.63, 3.8) is 0 Å². The Bertz CT molecular complexity index is 435. The largest absolute Gasteiger partial charge is 0.360 e. The van der Waals surface area contributed by atoms with Crippen molar-refractivity contribution in [1.82, 2.24) is 4.98 Å². The van der Waals surface area contributed by atoms with Gasteiger partial charge < -0.3 is 4.98 Å². The summed E-state index contributed by atoms with van der Waals surface area (Å²) in [5.74, 6) is 0. The lowest BCUT2D eigenvalue weighted by Gasteiger charge is -1.96. The van der Waals surface area contributed by atoms with Crippen LogP contribution in [0.25, 0.3) is 11.3 Å². The lowest BCUT2D eigenvalue weighted by atomic mass is 10.1. The van der Waals surface area contributed by atoms with Crippen LogP contribution in [0.4, 0.5) is 0 Å². The van der Waals surface area contributed by atoms with E-state index in [-0.39, 0.29) is 0 Å². The summed E-state index contributed by atoms with van der Waals surface area (Å²) in [6, 6.07) is 14.5. The zero-order valence-electron chi connectivity index (χ0n) is 6.91. The topological polar surface area (TPSA) is 39.6 Å². The van der Waals surface area contributed by atoms with Crippen molar-refractivity contribution < 1.29 is 0 Å². The Labute approximate surface area is 76.5 Å². The predicted octanol–water partition coefficient (Wildman–Crippen LogP) is 2.35. The van der Waals surface area contributed by atoms with Crippen LogP contribution in [0.15, 0.2) is 36.5 Å². The number of rotatable bonds is 1. The standard InChI is InChI=1S/C11H7N2/c12-8-10-6-7-13-11(10)9-4-2-1-3-5-9/h1-4,6-7,13H. The summed E-state index contributed by atoms with van der Waals surface area (Å²) in [5.41, 5.74) is 2.41. The van der Waals surface area contributed by atoms with E-state index in [1.165, 1.54) is 0 Å². The molecule has 0 aliphatic heterocycles. The third-order valence-electron chi connectivity index (χ3n) is 1.85. The van der Waals surface area contributed by atoms with Gasteiger partial charge in [-0.15, -0.1) is 0 Å². The van der Waals surface area contributed by atoms with Gasteiger partial charge in [0.1, 0.15) is 6.07 Å². The number of nitrogens with zero attached hydrogens (tertiary/aromatic N) is 1. The number of hydrogen-bond donors (Lipinski definition) is 1. The van der Waals surface area contributed by atoms with Crippen LogP contribution in [0.3, 0.4) is 0 Å². The van der Waals surface area contributed by atoms with Crippen molar-refractivity contribution in [2.45, 2.75) is 0 Å². The van der Waals surface area contributed by atoms with E-state index in [1.807, 2.05) is 24.3 Å². The molecule has 2 heteroatoms. The van der Waals surface area contributed by atoms with Crippen molar-refractivity contribution in [1.29, 1.82) is 5.26 Å². The summed E-state index contributed by atoms with van der Waals surface area (Å²) in [5, 5.41) is 8.78. The van der Waals surface area contributed by atoms with Crippen molar-refractivity contribution in [2.75, 3.05) is 0 Å². The second-order valence-corrected chi connectivity index (χ2v) is 2.65. The van der Waals surface area contributed by atoms with Crippen LogP contribution in [-0.2, 0) is 0 Å². The number of aromatic amines is 1. The summed E-state index contributed by atoms with van der Waals surface area (Å²) in [7, 11) is 0. The molecule has 61 valence electrons. The van der Waals surface area contributed by atoms with Gasteiger partial charge >= 0.3 is 0 Å². The molecule has 1 radical (unpaired) electrons. The van der Waals surface area contributed by atoms with Crippen molar-refractivity contribution >= 4 is 0 Å². The number of aromatic nitrogens is 1. The van der Waals surface area contributed by atoms with Crippen LogP contribution in [-0.4, -0.2) is 4.98 Å². The fourth-order valence-corrected chi connectivity index (χ4v) is 1.23. The molecule has 1 N–H and O–H groups in total. The Hall–Kier alpha value is -2.01. The number of nitrogens with one attached hydrogen (secondary N) is 1. The van der Waals surface area contributed by atoms with E-state index >= 15 is 0 Å². The minimum atomic E-state index is 0.655. The van der Waals surface area contributed by atoms with Crippen molar-refractivity contribution in [3.8, 4) is 17.3 Å². The average molecular weight is 167 g/mol. The van der Waals surface area contributed by atoms with Gasteiger partial charge in [-0.1, -0.05) is 24.3 Å². The number of hydrogen-bond acceptors (Lipinski definition) is 1. The van der Waals surface area contributed by atoms with E-state index in [0.29, 0.717) is 5.56 Å². The molecule has 0 atom stereocenters. The summed E-state index contributed by atoms with van der Waals surface area (Å²) in [4.78, 5) is 3.02. The number of benzene rings is 1. The van der Waals surface area contributed by atoms with E-state index < -0.39 is 0 Å². The quantitative estimate of drug-likeness (QED) is 0.695. The van der Waals surface area contributed by atoms with E-state index in [1.54, 1.807) is 12.3 Å². The maximum atomic E-state index is 8.78. The third-order valence-corrected chi connectivity index (χ3v) is 1.85. The van der Waals surface area contributed by atoms with Gasteiger partial charge in [0.15, 0.2) is 0 Å². The van der Waals surface area contributed by atoms with Crippen LogP contribution >= 0.6 is 0 Å². The number of nitriles is 1. The molecule has 0 aliphatic rings. The van der Waals surface area contributed by atoms with Gasteiger partial charge in [0.25, 0.3) is 0 Å². The highest BCUT2D eigenvalue weighted by atomic mass is 14.7. The highest BCUT2D eigenvalue weighted by Crippen LogP contribution is 2.19. The van der Waals surface area contributed by atoms with Gasteiger partial charge in [-0.2, -0.15) is 5.26 Å². The van der Waals surface area contributed by atoms with E-state index in [0.717, 1.165) is 11.3 Å². The van der Waals surface area contributed by atoms with E-state index in [9.17, 15) is 0 Å². The average Bonchev–Trinajstić information content (AvgIpc) is 2.67. The molecule has 0 saturated heterocycles. The lowest BCUT2D eigenvalue weighted by Crippen LogP contribution is -1.79. The molecule has 2 rings (SSSR count). The maximum Gasteiger partial charge on any atom is 0.101 e. The molecule has 2 aromatic rings. The summed E-state index contributed by atoms with van der Waals surface area (Å²) in [6.07, 6.45) is 1.76. The van der Waals surface area contributed by atoms with Gasteiger partial charge in [-0.3, -0.25) is 0 Å². The predicted molar refractivity (Wildman–Crippen MR) is 49.8 cm³/mol. The van der Waals surface area contributed by atoms with Gasteiger partial charge in [-0.05, 0) is 12.1 Å². The molecule has 13 heavy (non-hydrogen) atoms. The first kappa shape index (κ1) is 7.63. The van der Waals surface area contributed by atoms with Gasteiger partial charge in [0, 0.05) is 11.8 Å². The molecule has 0 aliphatic carbocycles. The molecular formula is C11H7N2. The van der Waals surface area contributed by atoms with Crippen molar-refractivity contribution in [3.05, 3.63) is 48.2 Å². The molecule has 2 nitrogen and oxygen atoms in total. The molecule has 0 bridgehead atoms. The summed E-state index contributed by atoms with van der Waals surface area (Å²) in [6.45, 7) is 0. The van der Waals surface area contributed by atoms with Gasteiger partial charge in [-0.25, -0.2) is 0 Å². The zero-order chi connectivity index (χ0) is 9.10. The maximum absolute atomic E-state index is 8.78. The first-order chi connectivity index (χ1) is 6.42. The smallest absolute Gasteiger partial charge is 0.101 e. The molecule has 0 amide bonds. The summed E-state index contributed by atoms with van der Waals surface area (Å²) >= 11 is 0. The Morgan fingerprint density at radius 1 is 1.31 bits per heavy atom. The first-order valence-electron chi connectivity index (χ1n) is 3.96. The second-order valence-electron chi connectivity index (χ2n) is 2.65. The Balaban J connectivity index is 2.54. The first-order valence-corrected chi connectivity index (χ1v) is 3.96. The fraction of sp³-hybridized carbons (Fsp3) is 0. The Kier molecular flexibility index (Phi) is 1.85. The molecule has 0 unspecified atom stereocenters. The molecule has 1 aromatic heterocycles. The molecule has 0 saturated carbocycles. The molecule has 1 heterocycles. The fourth-order valence-electron chi connectivity index (χ4n) is 1.23. The van der Waals surface area contributed by atoms with Crippen molar-refractivity contribution in [2.24, 2.45) is 0 Å². The zero-order valence-corrected chi connectivity index (χ0v) is 6.91.